The lowest BCUT2D eigenvalue weighted by Gasteiger charge is -2.26. The third-order valence-corrected chi connectivity index (χ3v) is 3.09. The first-order valence-electron chi connectivity index (χ1n) is 6.10. The molecule has 18 heavy (non-hydrogen) atoms. The first-order valence-corrected chi connectivity index (χ1v) is 6.10. The van der Waals surface area contributed by atoms with Gasteiger partial charge in [-0.25, -0.2) is 0 Å². The molecule has 1 heterocycles. The second-order valence-electron chi connectivity index (χ2n) is 4.35. The number of hydrogen-bond donors (Lipinski definition) is 0. The van der Waals surface area contributed by atoms with Crippen LogP contribution in [0.5, 0.6) is 0 Å². The molecule has 1 aliphatic heterocycles. The van der Waals surface area contributed by atoms with E-state index in [1.807, 2.05) is 18.2 Å². The summed E-state index contributed by atoms with van der Waals surface area (Å²) in [5.74, 6) is 2.27. The van der Waals surface area contributed by atoms with Crippen molar-refractivity contribution in [2.45, 2.75) is 25.7 Å². The van der Waals surface area contributed by atoms with Gasteiger partial charge >= 0.3 is 0 Å². The van der Waals surface area contributed by atoms with E-state index in [1.54, 1.807) is 6.07 Å². The maximum atomic E-state index is 12.2. The zero-order chi connectivity index (χ0) is 13.0. The summed E-state index contributed by atoms with van der Waals surface area (Å²) >= 11 is 0. The topological polar surface area (TPSA) is 37.4 Å². The molecule has 0 aliphatic carbocycles. The highest BCUT2D eigenvalue weighted by Gasteiger charge is 2.29. The molecule has 3 nitrogen and oxygen atoms in total. The third kappa shape index (κ3) is 2.43. The molecule has 0 fully saturated rings. The van der Waals surface area contributed by atoms with E-state index in [0.29, 0.717) is 24.9 Å². The molecule has 2 amide bonds. The lowest BCUT2D eigenvalue weighted by atomic mass is 9.98. The number of carbonyl (C=O) groups excluding carboxylic acids is 2. The Balaban J connectivity index is 2.08. The molecule has 1 aromatic rings. The van der Waals surface area contributed by atoms with Gasteiger partial charge in [-0.3, -0.25) is 14.5 Å². The van der Waals surface area contributed by atoms with Crippen molar-refractivity contribution < 1.29 is 9.59 Å². The number of nitrogens with zero attached hydrogens (tertiary/aromatic N) is 1. The number of benzene rings is 1. The van der Waals surface area contributed by atoms with Gasteiger partial charge in [-0.1, -0.05) is 18.2 Å². The van der Waals surface area contributed by atoms with Crippen molar-refractivity contribution in [1.29, 1.82) is 0 Å². The lowest BCUT2D eigenvalue weighted by molar-refractivity contribution is -0.128. The van der Waals surface area contributed by atoms with Crippen LogP contribution >= 0.6 is 0 Å². The fourth-order valence-electron chi connectivity index (χ4n) is 2.12. The van der Waals surface area contributed by atoms with Crippen LogP contribution in [-0.4, -0.2) is 23.3 Å². The Morgan fingerprint density at radius 1 is 1.22 bits per heavy atom. The molecule has 92 valence electrons. The summed E-state index contributed by atoms with van der Waals surface area (Å²) in [4.78, 5) is 25.4. The molecule has 0 unspecified atom stereocenters. The first kappa shape index (κ1) is 12.4. The van der Waals surface area contributed by atoms with Crippen LogP contribution < -0.4 is 0 Å². The molecule has 0 atom stereocenters. The van der Waals surface area contributed by atoms with Crippen LogP contribution in [-0.2, 0) is 11.2 Å². The van der Waals surface area contributed by atoms with Gasteiger partial charge in [0.05, 0.1) is 6.42 Å². The average molecular weight is 241 g/mol. The molecule has 2 rings (SSSR count). The minimum Gasteiger partial charge on any atom is -0.278 e. The Hall–Kier alpha value is -2.08. The first-order chi connectivity index (χ1) is 8.74. The Bertz CT molecular complexity index is 513. The van der Waals surface area contributed by atoms with Gasteiger partial charge in [-0.05, 0) is 24.5 Å². The normalized spacial score (nSPS) is 14.3. The average Bonchev–Trinajstić information content (AvgIpc) is 2.38. The van der Waals surface area contributed by atoms with E-state index in [2.05, 4.69) is 5.92 Å². The SMILES string of the molecule is C#CCCCCN1C(=O)Cc2ccccc2C1=O. The largest absolute Gasteiger partial charge is 0.278 e. The quantitative estimate of drug-likeness (QED) is 0.459. The molecule has 0 saturated carbocycles. The Morgan fingerprint density at radius 3 is 2.78 bits per heavy atom. The van der Waals surface area contributed by atoms with Crippen LogP contribution in [0.4, 0.5) is 0 Å². The van der Waals surface area contributed by atoms with Gasteiger partial charge < -0.3 is 0 Å². The van der Waals surface area contributed by atoms with E-state index in [-0.39, 0.29) is 11.8 Å². The highest BCUT2D eigenvalue weighted by Crippen LogP contribution is 2.19. The van der Waals surface area contributed by atoms with Crippen molar-refractivity contribution in [3.05, 3.63) is 35.4 Å². The number of imide groups is 1. The molecule has 1 aromatic carbocycles. The number of fused-ring (bicyclic) bond motifs is 1. The van der Waals surface area contributed by atoms with E-state index < -0.39 is 0 Å². The third-order valence-electron chi connectivity index (χ3n) is 3.09. The van der Waals surface area contributed by atoms with Crippen LogP contribution in [0.2, 0.25) is 0 Å². The summed E-state index contributed by atoms with van der Waals surface area (Å²) in [5.41, 5.74) is 1.47. The van der Waals surface area contributed by atoms with Crippen LogP contribution in [0, 0.1) is 12.3 Å². The monoisotopic (exact) mass is 241 g/mol. The van der Waals surface area contributed by atoms with Gasteiger partial charge in [0.2, 0.25) is 5.91 Å². The number of terminal acetylenes is 1. The molecule has 1 aliphatic rings. The molecule has 0 radical (unpaired) electrons. The van der Waals surface area contributed by atoms with E-state index in [4.69, 9.17) is 6.42 Å². The lowest BCUT2D eigenvalue weighted by Crippen LogP contribution is -2.42. The zero-order valence-electron chi connectivity index (χ0n) is 10.2. The van der Waals surface area contributed by atoms with Crippen molar-refractivity contribution in [3.8, 4) is 12.3 Å². The molecule has 0 spiro atoms. The molecule has 0 bridgehead atoms. The summed E-state index contributed by atoms with van der Waals surface area (Å²) in [6, 6.07) is 7.28. The predicted molar refractivity (Wildman–Crippen MR) is 68.9 cm³/mol. The Kier molecular flexibility index (Phi) is 3.78. The van der Waals surface area contributed by atoms with E-state index in [9.17, 15) is 9.59 Å². The van der Waals surface area contributed by atoms with Crippen LogP contribution in [0.1, 0.15) is 35.2 Å². The van der Waals surface area contributed by atoms with Gasteiger partial charge in [0.1, 0.15) is 0 Å². The fraction of sp³-hybridized carbons (Fsp3) is 0.333. The summed E-state index contributed by atoms with van der Waals surface area (Å²) in [7, 11) is 0. The molecule has 3 heteroatoms. The minimum absolute atomic E-state index is 0.112. The van der Waals surface area contributed by atoms with Crippen molar-refractivity contribution in [2.24, 2.45) is 0 Å². The number of hydrogen-bond acceptors (Lipinski definition) is 2. The van der Waals surface area contributed by atoms with E-state index >= 15 is 0 Å². The molecule has 0 N–H and O–H groups in total. The second-order valence-corrected chi connectivity index (χ2v) is 4.35. The molecular weight excluding hydrogens is 226 g/mol. The highest BCUT2D eigenvalue weighted by atomic mass is 16.2. The highest BCUT2D eigenvalue weighted by molar-refractivity contribution is 6.09. The van der Waals surface area contributed by atoms with E-state index in [1.165, 1.54) is 4.90 Å². The summed E-state index contributed by atoms with van der Waals surface area (Å²) in [5, 5.41) is 0. The van der Waals surface area contributed by atoms with Gasteiger partial charge in [-0.15, -0.1) is 12.3 Å². The Labute approximate surface area is 107 Å². The van der Waals surface area contributed by atoms with Crippen molar-refractivity contribution in [1.82, 2.24) is 4.90 Å². The van der Waals surface area contributed by atoms with Gasteiger partial charge in [0, 0.05) is 18.5 Å². The Morgan fingerprint density at radius 2 is 2.00 bits per heavy atom. The van der Waals surface area contributed by atoms with Gasteiger partial charge in [0.25, 0.3) is 5.91 Å². The minimum atomic E-state index is -0.178. The van der Waals surface area contributed by atoms with Crippen LogP contribution in [0.25, 0.3) is 0 Å². The van der Waals surface area contributed by atoms with Crippen molar-refractivity contribution in [2.75, 3.05) is 6.54 Å². The summed E-state index contributed by atoms with van der Waals surface area (Å²) < 4.78 is 0. The van der Waals surface area contributed by atoms with Crippen LogP contribution in [0.15, 0.2) is 24.3 Å². The smallest absolute Gasteiger partial charge is 0.260 e. The summed E-state index contributed by atoms with van der Waals surface area (Å²) in [6.07, 6.45) is 7.78. The maximum absolute atomic E-state index is 12.2. The van der Waals surface area contributed by atoms with Gasteiger partial charge in [0.15, 0.2) is 0 Å². The second kappa shape index (κ2) is 5.50. The van der Waals surface area contributed by atoms with Crippen LogP contribution in [0.3, 0.4) is 0 Å². The van der Waals surface area contributed by atoms with Gasteiger partial charge in [-0.2, -0.15) is 0 Å². The predicted octanol–water partition coefficient (Wildman–Crippen LogP) is 2.01. The maximum Gasteiger partial charge on any atom is 0.260 e. The number of unbranched alkanes of at least 4 members (excludes halogenated alkanes) is 2. The zero-order valence-corrected chi connectivity index (χ0v) is 10.2. The number of carbonyl (C=O) groups is 2. The van der Waals surface area contributed by atoms with Crippen molar-refractivity contribution in [3.63, 3.8) is 0 Å². The van der Waals surface area contributed by atoms with E-state index in [0.717, 1.165) is 18.4 Å². The van der Waals surface area contributed by atoms with Crippen molar-refractivity contribution >= 4 is 11.8 Å². The fourth-order valence-corrected chi connectivity index (χ4v) is 2.12. The molecule has 0 saturated heterocycles. The standard InChI is InChI=1S/C15H15NO2/c1-2-3-4-7-10-16-14(17)11-12-8-5-6-9-13(12)15(16)18/h1,5-6,8-9H,3-4,7,10-11H2. The summed E-state index contributed by atoms with van der Waals surface area (Å²) in [6.45, 7) is 0.466. The number of amides is 2. The number of rotatable bonds is 4. The molecule has 0 aromatic heterocycles. The molecular formula is C15H15NO2.